The largest absolute Gasteiger partial charge is 0.489 e. The molecule has 1 fully saturated rings. The molecule has 5 rings (SSSR count). The fourth-order valence-electron chi connectivity index (χ4n) is 4.97. The average molecular weight is 402 g/mol. The van der Waals surface area contributed by atoms with Crippen LogP contribution in [0.2, 0.25) is 0 Å². The number of hydrogen-bond acceptors (Lipinski definition) is 6. The first-order valence-corrected chi connectivity index (χ1v) is 10.0. The molecular weight excluding hydrogens is 380 g/mol. The Morgan fingerprint density at radius 2 is 2.07 bits per heavy atom. The predicted molar refractivity (Wildman–Crippen MR) is 111 cm³/mol. The molecule has 0 saturated carbocycles. The molecule has 2 aromatic rings. The summed E-state index contributed by atoms with van der Waals surface area (Å²) in [5.74, 6) is 0.391. The lowest BCUT2D eigenvalue weighted by Gasteiger charge is -2.48. The highest BCUT2D eigenvalue weighted by molar-refractivity contribution is 6.07. The first-order valence-electron chi connectivity index (χ1n) is 10.0. The van der Waals surface area contributed by atoms with Gasteiger partial charge in [0.2, 0.25) is 0 Å². The highest BCUT2D eigenvalue weighted by atomic mass is 16.5. The van der Waals surface area contributed by atoms with E-state index in [9.17, 15) is 10.1 Å². The number of nitrogens with two attached hydrogens (primary N) is 1. The van der Waals surface area contributed by atoms with Crippen LogP contribution in [-0.4, -0.2) is 42.6 Å². The zero-order valence-electron chi connectivity index (χ0n) is 16.8. The molecule has 3 aliphatic heterocycles. The molecule has 4 atom stereocenters. The Bertz CT molecular complexity index is 1120. The van der Waals surface area contributed by atoms with Gasteiger partial charge in [0.15, 0.2) is 11.5 Å². The maximum absolute atomic E-state index is 13.6. The number of ether oxygens (including phenoxy) is 2. The Morgan fingerprint density at radius 3 is 2.80 bits per heavy atom. The van der Waals surface area contributed by atoms with Crippen LogP contribution in [0.1, 0.15) is 24.5 Å². The number of aliphatic imine (C=N–C) groups is 1. The minimum absolute atomic E-state index is 0.167. The van der Waals surface area contributed by atoms with Crippen LogP contribution in [0, 0.1) is 17.2 Å². The van der Waals surface area contributed by atoms with Crippen molar-refractivity contribution in [2.24, 2.45) is 16.6 Å². The lowest BCUT2D eigenvalue weighted by atomic mass is 9.68. The molecule has 152 valence electrons. The van der Waals surface area contributed by atoms with Crippen LogP contribution in [0.15, 0.2) is 47.5 Å². The van der Waals surface area contributed by atoms with E-state index in [4.69, 9.17) is 20.2 Å². The smallest absolute Gasteiger partial charge is 0.262 e. The zero-order valence-corrected chi connectivity index (χ0v) is 16.8. The van der Waals surface area contributed by atoms with Gasteiger partial charge in [-0.05, 0) is 42.3 Å². The van der Waals surface area contributed by atoms with Crippen LogP contribution in [0.25, 0.3) is 11.1 Å². The molecule has 30 heavy (non-hydrogen) atoms. The van der Waals surface area contributed by atoms with Crippen molar-refractivity contribution in [3.8, 4) is 22.9 Å². The molecule has 2 aromatic carbocycles. The summed E-state index contributed by atoms with van der Waals surface area (Å²) in [5.41, 5.74) is 7.98. The number of rotatable bonds is 1. The summed E-state index contributed by atoms with van der Waals surface area (Å²) in [6.07, 6.45) is 0.296. The normalized spacial score (nSPS) is 29.6. The number of nitriles is 1. The third kappa shape index (κ3) is 2.47. The SMILES string of the molecule is CC1OCCC2Oc3ccc(-c4cccc(C#N)c4)cc3C3(N=C(N)N(C)C3=O)C12. The fourth-order valence-corrected chi connectivity index (χ4v) is 4.97. The lowest BCUT2D eigenvalue weighted by molar-refractivity contribution is -0.149. The number of amides is 1. The third-order valence-corrected chi connectivity index (χ3v) is 6.43. The summed E-state index contributed by atoms with van der Waals surface area (Å²) in [4.78, 5) is 19.7. The van der Waals surface area contributed by atoms with Crippen molar-refractivity contribution in [2.45, 2.75) is 31.1 Å². The molecular formula is C23H22N4O3. The molecule has 0 aromatic heterocycles. The second kappa shape index (κ2) is 6.57. The number of benzene rings is 2. The second-order valence-electron chi connectivity index (χ2n) is 8.05. The van der Waals surface area contributed by atoms with Crippen LogP contribution in [0.5, 0.6) is 5.75 Å². The van der Waals surface area contributed by atoms with Crippen molar-refractivity contribution in [1.29, 1.82) is 5.26 Å². The summed E-state index contributed by atoms with van der Waals surface area (Å²) in [5, 5.41) is 9.25. The van der Waals surface area contributed by atoms with Gasteiger partial charge in [0.25, 0.3) is 5.91 Å². The minimum Gasteiger partial charge on any atom is -0.489 e. The van der Waals surface area contributed by atoms with Crippen molar-refractivity contribution in [2.75, 3.05) is 13.7 Å². The van der Waals surface area contributed by atoms with E-state index < -0.39 is 5.54 Å². The Kier molecular flexibility index (Phi) is 4.09. The van der Waals surface area contributed by atoms with Gasteiger partial charge in [0.05, 0.1) is 30.3 Å². The van der Waals surface area contributed by atoms with Crippen LogP contribution in [-0.2, 0) is 15.1 Å². The van der Waals surface area contributed by atoms with Crippen molar-refractivity contribution in [1.82, 2.24) is 4.90 Å². The van der Waals surface area contributed by atoms with Crippen molar-refractivity contribution >= 4 is 11.9 Å². The topological polar surface area (TPSA) is 101 Å². The first kappa shape index (κ1) is 18.6. The molecule has 0 aliphatic carbocycles. The average Bonchev–Trinajstić information content (AvgIpc) is 2.98. The molecule has 1 amide bonds. The van der Waals surface area contributed by atoms with Crippen molar-refractivity contribution < 1.29 is 14.3 Å². The van der Waals surface area contributed by atoms with E-state index in [0.717, 1.165) is 11.1 Å². The number of carbonyl (C=O) groups excluding carboxylic acids is 1. The summed E-state index contributed by atoms with van der Waals surface area (Å²) in [6, 6.07) is 15.3. The molecule has 0 radical (unpaired) electrons. The third-order valence-electron chi connectivity index (χ3n) is 6.43. The zero-order chi connectivity index (χ0) is 21.0. The van der Waals surface area contributed by atoms with Crippen LogP contribution < -0.4 is 10.5 Å². The van der Waals surface area contributed by atoms with Gasteiger partial charge in [0.1, 0.15) is 11.9 Å². The Balaban J connectivity index is 1.73. The second-order valence-corrected chi connectivity index (χ2v) is 8.05. The molecule has 7 heteroatoms. The predicted octanol–water partition coefficient (Wildman–Crippen LogP) is 2.39. The molecule has 3 heterocycles. The van der Waals surface area contributed by atoms with E-state index in [0.29, 0.717) is 29.9 Å². The lowest BCUT2D eigenvalue weighted by Crippen LogP contribution is -2.58. The maximum atomic E-state index is 13.6. The van der Waals surface area contributed by atoms with E-state index in [-0.39, 0.29) is 30.0 Å². The highest BCUT2D eigenvalue weighted by Gasteiger charge is 2.62. The Labute approximate surface area is 174 Å². The fraction of sp³-hybridized carbons (Fsp3) is 0.348. The van der Waals surface area contributed by atoms with Gasteiger partial charge in [-0.15, -0.1) is 0 Å². The summed E-state index contributed by atoms with van der Waals surface area (Å²) in [7, 11) is 1.65. The van der Waals surface area contributed by atoms with Gasteiger partial charge < -0.3 is 15.2 Å². The quantitative estimate of drug-likeness (QED) is 0.789. The number of nitrogens with zero attached hydrogens (tertiary/aromatic N) is 3. The molecule has 1 saturated heterocycles. The van der Waals surface area contributed by atoms with Gasteiger partial charge >= 0.3 is 0 Å². The van der Waals surface area contributed by atoms with Crippen molar-refractivity contribution in [3.05, 3.63) is 53.6 Å². The minimum atomic E-state index is -1.18. The molecule has 2 N–H and O–H groups in total. The van der Waals surface area contributed by atoms with Gasteiger partial charge in [-0.1, -0.05) is 18.2 Å². The molecule has 1 spiro atoms. The van der Waals surface area contributed by atoms with Gasteiger partial charge in [-0.3, -0.25) is 9.69 Å². The molecule has 0 bridgehead atoms. The Morgan fingerprint density at radius 1 is 1.27 bits per heavy atom. The summed E-state index contributed by atoms with van der Waals surface area (Å²) in [6.45, 7) is 2.54. The van der Waals surface area contributed by atoms with Crippen LogP contribution in [0.3, 0.4) is 0 Å². The van der Waals surface area contributed by atoms with E-state index in [1.165, 1.54) is 4.90 Å². The van der Waals surface area contributed by atoms with Crippen LogP contribution >= 0.6 is 0 Å². The van der Waals surface area contributed by atoms with E-state index in [2.05, 4.69) is 6.07 Å². The summed E-state index contributed by atoms with van der Waals surface area (Å²) >= 11 is 0. The molecule has 4 unspecified atom stereocenters. The Hall–Kier alpha value is -3.37. The van der Waals surface area contributed by atoms with Gasteiger partial charge in [-0.2, -0.15) is 5.26 Å². The van der Waals surface area contributed by atoms with Gasteiger partial charge in [0, 0.05) is 19.0 Å². The van der Waals surface area contributed by atoms with Crippen molar-refractivity contribution in [3.63, 3.8) is 0 Å². The van der Waals surface area contributed by atoms with E-state index in [1.54, 1.807) is 13.1 Å². The van der Waals surface area contributed by atoms with Gasteiger partial charge in [-0.25, -0.2) is 4.99 Å². The molecule has 7 nitrogen and oxygen atoms in total. The number of guanidine groups is 1. The number of carbonyl (C=O) groups is 1. The monoisotopic (exact) mass is 402 g/mol. The van der Waals surface area contributed by atoms with E-state index >= 15 is 0 Å². The summed E-state index contributed by atoms with van der Waals surface area (Å²) < 4.78 is 12.3. The number of fused-ring (bicyclic) bond motifs is 4. The first-order chi connectivity index (χ1) is 14.5. The molecule has 3 aliphatic rings. The maximum Gasteiger partial charge on any atom is 0.262 e. The number of hydrogen-bond donors (Lipinski definition) is 1. The van der Waals surface area contributed by atoms with Crippen LogP contribution in [0.4, 0.5) is 0 Å². The number of likely N-dealkylation sites (N-methyl/N-ethyl adjacent to an activating group) is 1. The standard InChI is InChI=1S/C23H22N4O3/c1-13-20-19(8-9-29-13)30-18-7-6-16(15-5-3-4-14(10-15)12-24)11-17(18)23(20)21(28)27(2)22(25)26-23/h3-7,10-11,13,19-20H,8-9H2,1-2H3,(H2,25,26). The van der Waals surface area contributed by atoms with E-state index in [1.807, 2.05) is 43.3 Å². The highest BCUT2D eigenvalue weighted by Crippen LogP contribution is 2.53.